The number of carbonyl (C=O) groups is 2. The van der Waals surface area contributed by atoms with Crippen LogP contribution in [0.4, 0.5) is 18.0 Å². The summed E-state index contributed by atoms with van der Waals surface area (Å²) in [7, 11) is 0. The molecule has 5 nitrogen and oxygen atoms in total. The van der Waals surface area contributed by atoms with Gasteiger partial charge in [0, 0.05) is 5.54 Å². The Balaban J connectivity index is 1.65. The molecule has 2 unspecified atom stereocenters. The average molecular weight is 360 g/mol. The van der Waals surface area contributed by atoms with Gasteiger partial charge in [0.1, 0.15) is 5.37 Å². The topological polar surface area (TPSA) is 67.4 Å². The van der Waals surface area contributed by atoms with Crippen LogP contribution in [0.1, 0.15) is 36.3 Å². The van der Waals surface area contributed by atoms with Crippen molar-refractivity contribution in [1.82, 2.24) is 10.6 Å². The Labute approximate surface area is 140 Å². The Kier molecular flexibility index (Phi) is 4.15. The van der Waals surface area contributed by atoms with Gasteiger partial charge in [0.15, 0.2) is 0 Å². The molecule has 1 heterocycles. The molecule has 0 bridgehead atoms. The molecule has 1 aliphatic carbocycles. The zero-order chi connectivity index (χ0) is 17.5. The molecule has 24 heavy (non-hydrogen) atoms. The van der Waals surface area contributed by atoms with E-state index >= 15 is 0 Å². The predicted molar refractivity (Wildman–Crippen MR) is 81.0 cm³/mol. The molecular formula is C15H15F3N2O3S. The van der Waals surface area contributed by atoms with Crippen LogP contribution >= 0.6 is 11.8 Å². The summed E-state index contributed by atoms with van der Waals surface area (Å²) in [6.45, 7) is 1.86. The fraction of sp³-hybridized carbons (Fsp3) is 0.467. The second-order valence-corrected chi connectivity index (χ2v) is 7.24. The molecule has 1 aromatic rings. The van der Waals surface area contributed by atoms with E-state index in [1.165, 1.54) is 12.1 Å². The Morgan fingerprint density at radius 3 is 2.75 bits per heavy atom. The number of alkyl carbamates (subject to hydrolysis) is 1. The van der Waals surface area contributed by atoms with Crippen LogP contribution < -0.4 is 10.6 Å². The van der Waals surface area contributed by atoms with Crippen LogP contribution in [-0.2, 0) is 15.7 Å². The SMILES string of the molecule is CC1(NC(=O)OC2SC(c3cccc(C(F)(F)F)c3)NC2=O)CC1. The van der Waals surface area contributed by atoms with Crippen LogP contribution in [0, 0.1) is 0 Å². The van der Waals surface area contributed by atoms with E-state index in [9.17, 15) is 22.8 Å². The highest BCUT2D eigenvalue weighted by Gasteiger charge is 2.42. The minimum atomic E-state index is -4.46. The smallest absolute Gasteiger partial charge is 0.416 e. The van der Waals surface area contributed by atoms with Crippen molar-refractivity contribution in [2.45, 2.75) is 42.3 Å². The van der Waals surface area contributed by atoms with E-state index < -0.39 is 34.6 Å². The number of ether oxygens (including phenoxy) is 1. The van der Waals surface area contributed by atoms with E-state index in [-0.39, 0.29) is 5.54 Å². The van der Waals surface area contributed by atoms with Crippen molar-refractivity contribution in [3.05, 3.63) is 35.4 Å². The molecule has 9 heteroatoms. The molecule has 2 atom stereocenters. The zero-order valence-electron chi connectivity index (χ0n) is 12.6. The third kappa shape index (κ3) is 3.77. The first-order valence-corrected chi connectivity index (χ1v) is 8.22. The zero-order valence-corrected chi connectivity index (χ0v) is 13.5. The molecule has 1 aromatic carbocycles. The highest BCUT2D eigenvalue weighted by Crippen LogP contribution is 2.39. The van der Waals surface area contributed by atoms with Crippen molar-refractivity contribution < 1.29 is 27.5 Å². The van der Waals surface area contributed by atoms with E-state index in [1.54, 1.807) is 0 Å². The number of rotatable bonds is 3. The van der Waals surface area contributed by atoms with Crippen LogP contribution in [0.3, 0.4) is 0 Å². The molecule has 0 aromatic heterocycles. The molecule has 1 saturated heterocycles. The summed E-state index contributed by atoms with van der Waals surface area (Å²) >= 11 is 0.955. The van der Waals surface area contributed by atoms with Gasteiger partial charge in [-0.1, -0.05) is 23.9 Å². The van der Waals surface area contributed by atoms with Crippen LogP contribution in [0.2, 0.25) is 0 Å². The maximum Gasteiger partial charge on any atom is 0.416 e. The van der Waals surface area contributed by atoms with Crippen molar-refractivity contribution in [1.29, 1.82) is 0 Å². The van der Waals surface area contributed by atoms with Crippen molar-refractivity contribution in [2.24, 2.45) is 0 Å². The monoisotopic (exact) mass is 360 g/mol. The summed E-state index contributed by atoms with van der Waals surface area (Å²) in [5.41, 5.74) is -1.87. The second-order valence-electron chi connectivity index (χ2n) is 6.07. The number of alkyl halides is 3. The van der Waals surface area contributed by atoms with Crippen LogP contribution in [0.5, 0.6) is 0 Å². The maximum absolute atomic E-state index is 12.8. The van der Waals surface area contributed by atoms with Gasteiger partial charge in [-0.3, -0.25) is 4.79 Å². The summed E-state index contributed by atoms with van der Waals surface area (Å²) in [4.78, 5) is 23.7. The lowest BCUT2D eigenvalue weighted by Crippen LogP contribution is -2.38. The average Bonchev–Trinajstić information content (AvgIpc) is 3.10. The van der Waals surface area contributed by atoms with Gasteiger partial charge in [-0.2, -0.15) is 13.2 Å². The lowest BCUT2D eigenvalue weighted by Gasteiger charge is -2.15. The highest BCUT2D eigenvalue weighted by atomic mass is 32.2. The normalized spacial score (nSPS) is 25.1. The Morgan fingerprint density at radius 2 is 2.12 bits per heavy atom. The summed E-state index contributed by atoms with van der Waals surface area (Å²) in [5, 5.41) is 4.49. The largest absolute Gasteiger partial charge is 0.425 e. The van der Waals surface area contributed by atoms with Crippen LogP contribution in [-0.4, -0.2) is 23.0 Å². The minimum Gasteiger partial charge on any atom is -0.425 e. The number of hydrogen-bond acceptors (Lipinski definition) is 4. The third-order valence-electron chi connectivity index (χ3n) is 3.88. The fourth-order valence-electron chi connectivity index (χ4n) is 2.22. The summed E-state index contributed by atoms with van der Waals surface area (Å²) in [6, 6.07) is 4.70. The Hall–Kier alpha value is -1.90. The predicted octanol–water partition coefficient (Wildman–Crippen LogP) is 3.17. The molecule has 0 spiro atoms. The van der Waals surface area contributed by atoms with Crippen LogP contribution in [0.15, 0.2) is 24.3 Å². The first-order chi connectivity index (χ1) is 11.2. The highest BCUT2D eigenvalue weighted by molar-refractivity contribution is 8.01. The van der Waals surface area contributed by atoms with E-state index in [1.807, 2.05) is 6.92 Å². The van der Waals surface area contributed by atoms with E-state index in [2.05, 4.69) is 10.6 Å². The molecule has 1 aliphatic heterocycles. The van der Waals surface area contributed by atoms with E-state index in [0.717, 1.165) is 36.7 Å². The molecule has 2 aliphatic rings. The minimum absolute atomic E-state index is 0.280. The van der Waals surface area contributed by atoms with Crippen molar-refractivity contribution in [3.63, 3.8) is 0 Å². The number of nitrogens with one attached hydrogen (secondary N) is 2. The number of carbonyl (C=O) groups excluding carboxylic acids is 2. The summed E-state index contributed by atoms with van der Waals surface area (Å²) < 4.78 is 43.4. The van der Waals surface area contributed by atoms with E-state index in [0.29, 0.717) is 5.56 Å². The standard InChI is InChI=1S/C15H15F3N2O3S/c1-14(5-6-14)20-13(22)23-12-10(21)19-11(24-12)8-3-2-4-9(7-8)15(16,17)18/h2-4,7,11-12H,5-6H2,1H3,(H,19,21)(H,20,22). The van der Waals surface area contributed by atoms with Crippen molar-refractivity contribution >= 4 is 23.8 Å². The molecular weight excluding hydrogens is 345 g/mol. The fourth-order valence-corrected chi connectivity index (χ4v) is 3.29. The van der Waals surface area contributed by atoms with Crippen LogP contribution in [0.25, 0.3) is 0 Å². The summed E-state index contributed by atoms with van der Waals surface area (Å²) in [6.07, 6.45) is -3.47. The quantitative estimate of drug-likeness (QED) is 0.869. The number of amides is 2. The van der Waals surface area contributed by atoms with Gasteiger partial charge in [-0.25, -0.2) is 4.79 Å². The second kappa shape index (κ2) is 5.87. The van der Waals surface area contributed by atoms with Gasteiger partial charge in [0.25, 0.3) is 5.91 Å². The molecule has 2 N–H and O–H groups in total. The van der Waals surface area contributed by atoms with Gasteiger partial charge < -0.3 is 15.4 Å². The first-order valence-electron chi connectivity index (χ1n) is 7.28. The number of halogens is 3. The molecule has 3 rings (SSSR count). The molecule has 1 saturated carbocycles. The van der Waals surface area contributed by atoms with Gasteiger partial charge in [0.05, 0.1) is 5.56 Å². The molecule has 0 radical (unpaired) electrons. The Bertz CT molecular complexity index is 676. The lowest BCUT2D eigenvalue weighted by atomic mass is 10.1. The molecule has 130 valence electrons. The molecule has 2 fully saturated rings. The molecule has 2 amide bonds. The van der Waals surface area contributed by atoms with Crippen molar-refractivity contribution in [3.8, 4) is 0 Å². The van der Waals surface area contributed by atoms with Gasteiger partial charge in [-0.15, -0.1) is 0 Å². The van der Waals surface area contributed by atoms with Gasteiger partial charge >= 0.3 is 12.3 Å². The van der Waals surface area contributed by atoms with Crippen molar-refractivity contribution in [2.75, 3.05) is 0 Å². The summed E-state index contributed by atoms with van der Waals surface area (Å²) in [5.74, 6) is -0.543. The Morgan fingerprint density at radius 1 is 1.42 bits per heavy atom. The number of hydrogen-bond donors (Lipinski definition) is 2. The van der Waals surface area contributed by atoms with Gasteiger partial charge in [-0.05, 0) is 37.5 Å². The lowest BCUT2D eigenvalue weighted by molar-refractivity contribution is -0.137. The maximum atomic E-state index is 12.8. The number of benzene rings is 1. The van der Waals surface area contributed by atoms with E-state index in [4.69, 9.17) is 4.74 Å². The third-order valence-corrected chi connectivity index (χ3v) is 5.10. The van der Waals surface area contributed by atoms with Gasteiger partial charge in [0.2, 0.25) is 5.44 Å². The number of thioether (sulfide) groups is 1. The first kappa shape index (κ1) is 16.9.